The van der Waals surface area contributed by atoms with E-state index in [2.05, 4.69) is 10.6 Å². The Morgan fingerprint density at radius 3 is 2.15 bits per heavy atom. The number of carbonyl (C=O) groups is 1. The number of rotatable bonds is 7. The van der Waals surface area contributed by atoms with Crippen molar-refractivity contribution in [2.45, 2.75) is 68.6 Å². The van der Waals surface area contributed by atoms with Crippen molar-refractivity contribution in [3.8, 4) is 0 Å². The first-order valence-corrected chi connectivity index (χ1v) is 10.8. The minimum Gasteiger partial charge on any atom is -0.351 e. The zero-order chi connectivity index (χ0) is 18.3. The molecule has 0 aliphatic heterocycles. The van der Waals surface area contributed by atoms with E-state index in [1.54, 1.807) is 26.0 Å². The number of sulfone groups is 1. The first kappa shape index (κ1) is 22.9. The molecular weight excluding hydrogens is 372 g/mol. The molecule has 0 heterocycles. The predicted octanol–water partition coefficient (Wildman–Crippen LogP) is 3.33. The summed E-state index contributed by atoms with van der Waals surface area (Å²) < 4.78 is 24.2. The summed E-state index contributed by atoms with van der Waals surface area (Å²) in [6.07, 6.45) is 7.68. The van der Waals surface area contributed by atoms with Gasteiger partial charge in [0.1, 0.15) is 0 Å². The quantitative estimate of drug-likeness (QED) is 0.541. The lowest BCUT2D eigenvalue weighted by Crippen LogP contribution is -2.36. The van der Waals surface area contributed by atoms with Crippen LogP contribution >= 0.6 is 12.4 Å². The third-order valence-electron chi connectivity index (χ3n) is 4.76. The molecule has 148 valence electrons. The number of carbonyl (C=O) groups excluding carboxylic acids is 1. The molecule has 0 saturated heterocycles. The van der Waals surface area contributed by atoms with E-state index in [1.807, 2.05) is 0 Å². The normalized spacial score (nSPS) is 16.0. The number of hydrogen-bond donors (Lipinski definition) is 2. The van der Waals surface area contributed by atoms with Gasteiger partial charge in [-0.2, -0.15) is 0 Å². The van der Waals surface area contributed by atoms with Gasteiger partial charge in [-0.15, -0.1) is 12.4 Å². The number of benzene rings is 1. The molecule has 2 N–H and O–H groups in total. The molecule has 1 saturated carbocycles. The number of hydrogen-bond acceptors (Lipinski definition) is 4. The zero-order valence-electron chi connectivity index (χ0n) is 15.7. The van der Waals surface area contributed by atoms with E-state index in [0.29, 0.717) is 18.2 Å². The van der Waals surface area contributed by atoms with Gasteiger partial charge >= 0.3 is 0 Å². The molecule has 0 atom stereocenters. The molecule has 1 aliphatic rings. The third kappa shape index (κ3) is 6.56. The molecule has 26 heavy (non-hydrogen) atoms. The standard InChI is InChI=1S/C19H30N2O3S.ClH/c1-15(2)25(23,24)18-11-9-16(10-12-18)19(22)21-14-13-20-17-7-5-3-4-6-8-17;/h9-12,15,17,20H,3-8,13-14H2,1-2H3,(H,21,22);1H. The Morgan fingerprint density at radius 1 is 1.04 bits per heavy atom. The molecule has 1 amide bonds. The highest BCUT2D eigenvalue weighted by molar-refractivity contribution is 7.92. The van der Waals surface area contributed by atoms with Gasteiger partial charge < -0.3 is 10.6 Å². The van der Waals surface area contributed by atoms with Crippen LogP contribution in [0, 0.1) is 0 Å². The van der Waals surface area contributed by atoms with E-state index in [1.165, 1.54) is 50.7 Å². The molecule has 7 heteroatoms. The van der Waals surface area contributed by atoms with E-state index in [0.717, 1.165) is 6.54 Å². The van der Waals surface area contributed by atoms with Crippen molar-refractivity contribution < 1.29 is 13.2 Å². The van der Waals surface area contributed by atoms with E-state index in [4.69, 9.17) is 0 Å². The molecule has 1 fully saturated rings. The Bertz CT molecular complexity index is 652. The molecule has 5 nitrogen and oxygen atoms in total. The van der Waals surface area contributed by atoms with Crippen molar-refractivity contribution in [1.82, 2.24) is 10.6 Å². The molecule has 1 aliphatic carbocycles. The van der Waals surface area contributed by atoms with Gasteiger partial charge in [-0.05, 0) is 51.0 Å². The lowest BCUT2D eigenvalue weighted by Gasteiger charge is -2.16. The summed E-state index contributed by atoms with van der Waals surface area (Å²) in [5.74, 6) is -0.170. The average molecular weight is 403 g/mol. The first-order chi connectivity index (χ1) is 11.9. The summed E-state index contributed by atoms with van der Waals surface area (Å²) in [6.45, 7) is 4.63. The Kier molecular flexibility index (Phi) is 9.61. The minimum absolute atomic E-state index is 0. The monoisotopic (exact) mass is 402 g/mol. The van der Waals surface area contributed by atoms with Crippen molar-refractivity contribution in [3.63, 3.8) is 0 Å². The topological polar surface area (TPSA) is 75.3 Å². The number of nitrogens with one attached hydrogen (secondary N) is 2. The minimum atomic E-state index is -3.30. The van der Waals surface area contributed by atoms with Gasteiger partial charge in [0.15, 0.2) is 9.84 Å². The van der Waals surface area contributed by atoms with Crippen LogP contribution in [0.25, 0.3) is 0 Å². The summed E-state index contributed by atoms with van der Waals surface area (Å²) in [5.41, 5.74) is 0.483. The fraction of sp³-hybridized carbons (Fsp3) is 0.632. The fourth-order valence-electron chi connectivity index (χ4n) is 3.11. The maximum atomic E-state index is 12.2. The van der Waals surface area contributed by atoms with Crippen LogP contribution in [0.15, 0.2) is 29.2 Å². The summed E-state index contributed by atoms with van der Waals surface area (Å²) in [4.78, 5) is 12.4. The van der Waals surface area contributed by atoms with Crippen LogP contribution in [-0.2, 0) is 9.84 Å². The van der Waals surface area contributed by atoms with Crippen LogP contribution in [0.3, 0.4) is 0 Å². The van der Waals surface area contributed by atoms with Crippen molar-refractivity contribution >= 4 is 28.2 Å². The van der Waals surface area contributed by atoms with Crippen LogP contribution in [0.4, 0.5) is 0 Å². The molecule has 2 rings (SSSR count). The zero-order valence-corrected chi connectivity index (χ0v) is 17.3. The summed E-state index contributed by atoms with van der Waals surface area (Å²) in [5, 5.41) is 5.93. The summed E-state index contributed by atoms with van der Waals surface area (Å²) >= 11 is 0. The Morgan fingerprint density at radius 2 is 1.62 bits per heavy atom. The molecular formula is C19H31ClN2O3S. The molecule has 0 aromatic heterocycles. The van der Waals surface area contributed by atoms with Gasteiger partial charge in [0, 0.05) is 24.7 Å². The lowest BCUT2D eigenvalue weighted by atomic mass is 10.1. The van der Waals surface area contributed by atoms with Gasteiger partial charge in [0.05, 0.1) is 10.1 Å². The van der Waals surface area contributed by atoms with Gasteiger partial charge in [0.2, 0.25) is 0 Å². The average Bonchev–Trinajstić information content (AvgIpc) is 2.87. The highest BCUT2D eigenvalue weighted by Crippen LogP contribution is 2.17. The number of halogens is 1. The highest BCUT2D eigenvalue weighted by atomic mass is 35.5. The van der Waals surface area contributed by atoms with Crippen LogP contribution in [0.1, 0.15) is 62.7 Å². The molecule has 0 spiro atoms. The second-order valence-electron chi connectivity index (χ2n) is 7.02. The van der Waals surface area contributed by atoms with Crippen molar-refractivity contribution in [3.05, 3.63) is 29.8 Å². The Balaban J connectivity index is 0.00000338. The largest absolute Gasteiger partial charge is 0.351 e. The maximum absolute atomic E-state index is 12.2. The molecule has 0 unspecified atom stereocenters. The predicted molar refractivity (Wildman–Crippen MR) is 108 cm³/mol. The van der Waals surface area contributed by atoms with Crippen LogP contribution in [-0.4, -0.2) is 38.7 Å². The van der Waals surface area contributed by atoms with Crippen molar-refractivity contribution in [2.24, 2.45) is 0 Å². The van der Waals surface area contributed by atoms with Gasteiger partial charge in [-0.3, -0.25) is 4.79 Å². The highest BCUT2D eigenvalue weighted by Gasteiger charge is 2.19. The van der Waals surface area contributed by atoms with E-state index < -0.39 is 15.1 Å². The number of amides is 1. The fourth-order valence-corrected chi connectivity index (χ4v) is 4.17. The second kappa shape index (κ2) is 10.9. The van der Waals surface area contributed by atoms with Gasteiger partial charge in [0.25, 0.3) is 5.91 Å². The summed E-state index contributed by atoms with van der Waals surface area (Å²) in [6, 6.07) is 6.73. The Hall–Kier alpha value is -1.11. The lowest BCUT2D eigenvalue weighted by molar-refractivity contribution is 0.0953. The Labute approximate surface area is 163 Å². The van der Waals surface area contributed by atoms with Crippen LogP contribution < -0.4 is 10.6 Å². The van der Waals surface area contributed by atoms with Crippen LogP contribution in [0.5, 0.6) is 0 Å². The molecule has 1 aromatic carbocycles. The smallest absolute Gasteiger partial charge is 0.251 e. The second-order valence-corrected chi connectivity index (χ2v) is 9.52. The van der Waals surface area contributed by atoms with E-state index in [-0.39, 0.29) is 23.2 Å². The van der Waals surface area contributed by atoms with E-state index >= 15 is 0 Å². The van der Waals surface area contributed by atoms with Gasteiger partial charge in [-0.25, -0.2) is 8.42 Å². The SMILES string of the molecule is CC(C)S(=O)(=O)c1ccc(C(=O)NCCNC2CCCCCC2)cc1.Cl. The van der Waals surface area contributed by atoms with Gasteiger partial charge in [-0.1, -0.05) is 25.7 Å². The summed E-state index contributed by atoms with van der Waals surface area (Å²) in [7, 11) is -3.30. The first-order valence-electron chi connectivity index (χ1n) is 9.27. The molecule has 0 bridgehead atoms. The van der Waals surface area contributed by atoms with Crippen molar-refractivity contribution in [2.75, 3.05) is 13.1 Å². The maximum Gasteiger partial charge on any atom is 0.251 e. The molecule has 0 radical (unpaired) electrons. The molecule has 1 aromatic rings. The van der Waals surface area contributed by atoms with Crippen LogP contribution in [0.2, 0.25) is 0 Å². The van der Waals surface area contributed by atoms with E-state index in [9.17, 15) is 13.2 Å². The van der Waals surface area contributed by atoms with Crippen molar-refractivity contribution in [1.29, 1.82) is 0 Å². The third-order valence-corrected chi connectivity index (χ3v) is 6.93.